The van der Waals surface area contributed by atoms with Gasteiger partial charge in [0.25, 0.3) is 5.56 Å². The average molecular weight is 803 g/mol. The lowest BCUT2D eigenvalue weighted by Gasteiger charge is -2.23. The lowest BCUT2D eigenvalue weighted by Crippen LogP contribution is -2.19. The number of hydrogen-bond acceptors (Lipinski definition) is 7. The van der Waals surface area contributed by atoms with E-state index < -0.39 is 0 Å². The largest absolute Gasteiger partial charge is 0.484 e. The topological polar surface area (TPSA) is 100 Å². The fourth-order valence-electron chi connectivity index (χ4n) is 6.48. The summed E-state index contributed by atoms with van der Waals surface area (Å²) in [6, 6.07) is 21.6. The van der Waals surface area contributed by atoms with Gasteiger partial charge in [-0.15, -0.1) is 0 Å². The zero-order chi connectivity index (χ0) is 35.4. The van der Waals surface area contributed by atoms with Crippen LogP contribution >= 0.6 is 42.9 Å². The Bertz CT molecular complexity index is 2080. The second-order valence-corrected chi connectivity index (χ2v) is 13.9. The van der Waals surface area contributed by atoms with Crippen LogP contribution in [0.2, 0.25) is 0 Å². The molecule has 2 aliphatic rings. The van der Waals surface area contributed by atoms with Crippen LogP contribution in [-0.2, 0) is 42.3 Å². The molecule has 0 radical (unpaired) electrons. The predicted molar refractivity (Wildman–Crippen MR) is 217 cm³/mol. The summed E-state index contributed by atoms with van der Waals surface area (Å²) in [4.78, 5) is 44.6. The minimum atomic E-state index is -0.241. The number of ether oxygens (including phenoxy) is 2. The molecule has 0 amide bonds. The highest BCUT2D eigenvalue weighted by atomic mass is 79.9. The van der Waals surface area contributed by atoms with Crippen LogP contribution in [0.25, 0.3) is 11.1 Å². The first-order valence-corrected chi connectivity index (χ1v) is 17.7. The molecule has 0 spiro atoms. The van der Waals surface area contributed by atoms with Gasteiger partial charge in [-0.1, -0.05) is 34.1 Å². The number of fused-ring (bicyclic) bond motifs is 2. The average Bonchev–Trinajstić information content (AvgIpc) is 3.11. The Balaban J connectivity index is 0.000000235. The molecule has 3 heterocycles. The number of ketones is 2. The van der Waals surface area contributed by atoms with Gasteiger partial charge >= 0.3 is 0 Å². The van der Waals surface area contributed by atoms with Gasteiger partial charge in [0.05, 0.1) is 11.4 Å². The van der Waals surface area contributed by atoms with E-state index in [1.54, 1.807) is 24.0 Å². The molecule has 0 N–H and O–H groups in total. The van der Waals surface area contributed by atoms with Gasteiger partial charge in [0.1, 0.15) is 35.3 Å². The highest BCUT2D eigenvalue weighted by molar-refractivity contribution is 9.10. The van der Waals surface area contributed by atoms with E-state index in [1.165, 1.54) is 5.56 Å². The first kappa shape index (κ1) is 40.6. The number of Topliss-reactive ketones (excluding diaryl/α,β-unsaturated/α-hetero) is 2. The summed E-state index contributed by atoms with van der Waals surface area (Å²) >= 11 is 3.52. The number of nitrogens with zero attached hydrogens (tertiary/aromatic N) is 3. The lowest BCUT2D eigenvalue weighted by molar-refractivity contribution is -0.119. The molecule has 0 bridgehead atoms. The Labute approximate surface area is 327 Å². The van der Waals surface area contributed by atoms with Crippen LogP contribution < -0.4 is 15.0 Å². The maximum Gasteiger partial charge on any atom is 0.253 e. The SMILES string of the molecule is C[C@H](Oc1cc(Br)cc2c1CC(=O)CC2)c1ccccn1.Cc1cc(-c2cc3c(c(O[C@@H](C)c4ccccn4)c2)CC(=O)CC3)cn(C)c1=O.S.S. The molecule has 52 heavy (non-hydrogen) atoms. The van der Waals surface area contributed by atoms with Gasteiger partial charge in [-0.25, -0.2) is 0 Å². The highest BCUT2D eigenvalue weighted by Gasteiger charge is 2.24. The van der Waals surface area contributed by atoms with E-state index in [4.69, 9.17) is 9.47 Å². The zero-order valence-corrected chi connectivity index (χ0v) is 33.3. The number of carbonyl (C=O) groups is 2. The van der Waals surface area contributed by atoms with Crippen molar-refractivity contribution in [3.63, 3.8) is 0 Å². The summed E-state index contributed by atoms with van der Waals surface area (Å²) in [5.74, 6) is 2.01. The van der Waals surface area contributed by atoms with Crippen molar-refractivity contribution in [3.05, 3.63) is 139 Å². The minimum Gasteiger partial charge on any atom is -0.484 e. The van der Waals surface area contributed by atoms with Crippen LogP contribution in [0.5, 0.6) is 11.5 Å². The summed E-state index contributed by atoms with van der Waals surface area (Å²) in [5, 5.41) is 0. The van der Waals surface area contributed by atoms with Crippen LogP contribution in [0.1, 0.15) is 78.1 Å². The minimum absolute atomic E-state index is 0. The van der Waals surface area contributed by atoms with Crippen molar-refractivity contribution in [1.29, 1.82) is 0 Å². The Hall–Kier alpha value is -4.19. The van der Waals surface area contributed by atoms with E-state index in [0.29, 0.717) is 37.7 Å². The molecule has 0 saturated heterocycles. The molecule has 2 atom stereocenters. The molecular weight excluding hydrogens is 759 g/mol. The second kappa shape index (κ2) is 18.0. The number of benzene rings is 2. The fourth-order valence-corrected chi connectivity index (χ4v) is 6.97. The van der Waals surface area contributed by atoms with Crippen LogP contribution in [0, 0.1) is 6.92 Å². The molecule has 272 valence electrons. The Morgan fingerprint density at radius 1 is 0.692 bits per heavy atom. The van der Waals surface area contributed by atoms with Crippen molar-refractivity contribution < 1.29 is 19.1 Å². The number of aryl methyl sites for hydroxylation is 4. The molecule has 2 aliphatic carbocycles. The summed E-state index contributed by atoms with van der Waals surface area (Å²) in [5.41, 5.74) is 8.69. The zero-order valence-electron chi connectivity index (χ0n) is 29.7. The normalized spacial score (nSPS) is 14.2. The van der Waals surface area contributed by atoms with Crippen LogP contribution in [-0.4, -0.2) is 26.1 Å². The number of halogens is 1. The molecule has 0 aliphatic heterocycles. The number of rotatable bonds is 7. The molecule has 8 nitrogen and oxygen atoms in total. The van der Waals surface area contributed by atoms with E-state index in [2.05, 4.69) is 38.0 Å². The van der Waals surface area contributed by atoms with E-state index in [0.717, 1.165) is 61.6 Å². The van der Waals surface area contributed by atoms with Gasteiger partial charge in [0.15, 0.2) is 0 Å². The number of aromatic nitrogens is 3. The van der Waals surface area contributed by atoms with Gasteiger partial charge in [-0.05, 0) is 104 Å². The molecule has 11 heteroatoms. The quantitative estimate of drug-likeness (QED) is 0.164. The number of pyridine rings is 3. The maximum atomic E-state index is 12.1. The van der Waals surface area contributed by atoms with E-state index in [-0.39, 0.29) is 56.3 Å². The molecule has 0 saturated carbocycles. The van der Waals surface area contributed by atoms with E-state index in [9.17, 15) is 14.4 Å². The molecule has 0 unspecified atom stereocenters. The van der Waals surface area contributed by atoms with Crippen molar-refractivity contribution in [3.8, 4) is 22.6 Å². The Morgan fingerprint density at radius 3 is 1.71 bits per heavy atom. The number of carbonyl (C=O) groups excluding carboxylic acids is 2. The molecule has 5 aromatic rings. The van der Waals surface area contributed by atoms with Crippen molar-refractivity contribution in [2.75, 3.05) is 0 Å². The third kappa shape index (κ3) is 9.61. The molecular formula is C41H44BrN3O5S2. The second-order valence-electron chi connectivity index (χ2n) is 12.9. The van der Waals surface area contributed by atoms with Gasteiger partial charge in [-0.2, -0.15) is 27.0 Å². The number of hydrogen-bond donors (Lipinski definition) is 0. The molecule has 3 aromatic heterocycles. The van der Waals surface area contributed by atoms with Crippen LogP contribution in [0.4, 0.5) is 0 Å². The standard InChI is InChI=1S/C24H24N2O3.C17H16BrNO2.2H2S/c1-15-10-19(14-26(3)24(15)28)18-11-17-7-8-20(27)13-21(17)23(12-18)29-16(2)22-6-4-5-9-25-22;1-11(16-4-2-3-7-19-16)21-17-9-13(18)8-12-5-6-14(20)10-15(12)17;;/h4-6,9-12,14,16H,7-8,13H2,1-3H3;2-4,7-9,11H,5-6,10H2,1H3;2*1H2/t16-;11-;;/m00../s1. The van der Waals surface area contributed by atoms with E-state index >= 15 is 0 Å². The third-order valence-corrected chi connectivity index (χ3v) is 9.63. The van der Waals surface area contributed by atoms with Gasteiger partial charge in [-0.3, -0.25) is 24.4 Å². The van der Waals surface area contributed by atoms with Crippen molar-refractivity contribution >= 4 is 54.5 Å². The lowest BCUT2D eigenvalue weighted by atomic mass is 9.87. The third-order valence-electron chi connectivity index (χ3n) is 9.17. The first-order chi connectivity index (χ1) is 24.0. The van der Waals surface area contributed by atoms with Crippen molar-refractivity contribution in [2.45, 2.75) is 71.5 Å². The predicted octanol–water partition coefficient (Wildman–Crippen LogP) is 8.22. The maximum absolute atomic E-state index is 12.1. The summed E-state index contributed by atoms with van der Waals surface area (Å²) in [6.45, 7) is 5.76. The fraction of sp³-hybridized carbons (Fsp3) is 0.293. The van der Waals surface area contributed by atoms with Crippen LogP contribution in [0.3, 0.4) is 0 Å². The molecule has 2 aromatic carbocycles. The molecule has 7 rings (SSSR count). The molecule has 0 fully saturated rings. The highest BCUT2D eigenvalue weighted by Crippen LogP contribution is 2.37. The monoisotopic (exact) mass is 801 g/mol. The van der Waals surface area contributed by atoms with Crippen molar-refractivity contribution in [1.82, 2.24) is 14.5 Å². The van der Waals surface area contributed by atoms with Gasteiger partial charge < -0.3 is 14.0 Å². The summed E-state index contributed by atoms with van der Waals surface area (Å²) in [7, 11) is 1.76. The van der Waals surface area contributed by atoms with Gasteiger partial charge in [0.2, 0.25) is 0 Å². The summed E-state index contributed by atoms with van der Waals surface area (Å²) in [6.07, 6.45) is 8.50. The first-order valence-electron chi connectivity index (χ1n) is 16.9. The smallest absolute Gasteiger partial charge is 0.253 e. The van der Waals surface area contributed by atoms with Crippen molar-refractivity contribution in [2.24, 2.45) is 7.05 Å². The van der Waals surface area contributed by atoms with Crippen LogP contribution in [0.15, 0.2) is 94.6 Å². The van der Waals surface area contributed by atoms with Gasteiger partial charge in [0, 0.05) is 72.5 Å². The Morgan fingerprint density at radius 2 is 1.21 bits per heavy atom. The Kier molecular flexibility index (Phi) is 14.1. The summed E-state index contributed by atoms with van der Waals surface area (Å²) < 4.78 is 15.0. The van der Waals surface area contributed by atoms with E-state index in [1.807, 2.05) is 81.6 Å².